The van der Waals surface area contributed by atoms with Crippen LogP contribution in [0, 0.1) is 0 Å². The molecule has 1 heterocycles. The molecule has 0 spiro atoms. The second-order valence-electron chi connectivity index (χ2n) is 6.12. The van der Waals surface area contributed by atoms with Crippen LogP contribution in [0.5, 0.6) is 0 Å². The van der Waals surface area contributed by atoms with Crippen LogP contribution in [0.1, 0.15) is 41.9 Å². The number of nitrogens with one attached hydrogen (secondary N) is 1. The average molecular weight is 263 g/mol. The van der Waals surface area contributed by atoms with Crippen LogP contribution in [0.25, 0.3) is 11.1 Å². The number of hydrogen-bond acceptors (Lipinski definition) is 1. The van der Waals surface area contributed by atoms with Gasteiger partial charge in [0.2, 0.25) is 0 Å². The minimum Gasteiger partial charge on any atom is -0.312 e. The van der Waals surface area contributed by atoms with Gasteiger partial charge in [-0.25, -0.2) is 0 Å². The summed E-state index contributed by atoms with van der Waals surface area (Å²) >= 11 is 0. The third kappa shape index (κ3) is 2.06. The third-order valence-corrected chi connectivity index (χ3v) is 4.94. The van der Waals surface area contributed by atoms with Gasteiger partial charge in [0, 0.05) is 6.54 Å². The Morgan fingerprint density at radius 3 is 2.55 bits per heavy atom. The minimum absolute atomic E-state index is 0.829. The van der Waals surface area contributed by atoms with E-state index >= 15 is 0 Å². The van der Waals surface area contributed by atoms with E-state index < -0.39 is 0 Å². The number of fused-ring (bicyclic) bond motifs is 1. The third-order valence-electron chi connectivity index (χ3n) is 4.94. The van der Waals surface area contributed by atoms with E-state index in [1.54, 1.807) is 0 Å². The van der Waals surface area contributed by atoms with Gasteiger partial charge in [-0.05, 0) is 59.5 Å². The van der Waals surface area contributed by atoms with Gasteiger partial charge in [-0.2, -0.15) is 0 Å². The van der Waals surface area contributed by atoms with Gasteiger partial charge in [0.25, 0.3) is 0 Å². The molecule has 1 aliphatic heterocycles. The fraction of sp³-hybridized carbons (Fsp3) is 0.368. The van der Waals surface area contributed by atoms with Crippen molar-refractivity contribution in [3.05, 3.63) is 59.2 Å². The number of benzene rings is 2. The Balaban J connectivity index is 1.70. The Bertz CT molecular complexity index is 608. The summed E-state index contributed by atoms with van der Waals surface area (Å²) in [5.41, 5.74) is 7.32. The minimum atomic E-state index is 0.829. The molecule has 0 atom stereocenters. The quantitative estimate of drug-likeness (QED) is 0.853. The van der Waals surface area contributed by atoms with E-state index in [9.17, 15) is 0 Å². The summed E-state index contributed by atoms with van der Waals surface area (Å²) in [7, 11) is 0. The van der Waals surface area contributed by atoms with Gasteiger partial charge in [0.15, 0.2) is 0 Å². The lowest BCUT2D eigenvalue weighted by molar-refractivity contribution is 0.420. The number of hydrogen-bond donors (Lipinski definition) is 1. The van der Waals surface area contributed by atoms with Crippen molar-refractivity contribution in [1.29, 1.82) is 0 Å². The monoisotopic (exact) mass is 263 g/mol. The van der Waals surface area contributed by atoms with E-state index in [0.29, 0.717) is 0 Å². The van der Waals surface area contributed by atoms with Crippen molar-refractivity contribution >= 4 is 0 Å². The summed E-state index contributed by atoms with van der Waals surface area (Å²) in [6.07, 6.45) is 5.32. The lowest BCUT2D eigenvalue weighted by Gasteiger charge is -2.26. The van der Waals surface area contributed by atoms with Gasteiger partial charge in [-0.1, -0.05) is 48.9 Å². The Kier molecular flexibility index (Phi) is 3.08. The molecule has 2 aliphatic rings. The molecule has 2 aromatic carbocycles. The molecule has 20 heavy (non-hydrogen) atoms. The second-order valence-corrected chi connectivity index (χ2v) is 6.12. The predicted octanol–water partition coefficient (Wildman–Crippen LogP) is 4.27. The number of rotatable bonds is 2. The van der Waals surface area contributed by atoms with Crippen molar-refractivity contribution in [2.24, 2.45) is 0 Å². The molecule has 102 valence electrons. The molecule has 0 aromatic heterocycles. The summed E-state index contributed by atoms with van der Waals surface area (Å²) in [6.45, 7) is 2.12. The first-order chi connectivity index (χ1) is 9.92. The van der Waals surface area contributed by atoms with E-state index in [4.69, 9.17) is 0 Å². The Morgan fingerprint density at radius 1 is 0.950 bits per heavy atom. The fourth-order valence-corrected chi connectivity index (χ4v) is 3.46. The lowest BCUT2D eigenvalue weighted by atomic mass is 9.79. The van der Waals surface area contributed by atoms with E-state index in [-0.39, 0.29) is 0 Å². The zero-order valence-corrected chi connectivity index (χ0v) is 11.9. The molecule has 0 unspecified atom stereocenters. The highest BCUT2D eigenvalue weighted by Crippen LogP contribution is 2.37. The summed E-state index contributed by atoms with van der Waals surface area (Å²) < 4.78 is 0. The molecular formula is C19H21N. The summed E-state index contributed by atoms with van der Waals surface area (Å²) in [5, 5.41) is 3.50. The van der Waals surface area contributed by atoms with Crippen molar-refractivity contribution in [3.63, 3.8) is 0 Å². The topological polar surface area (TPSA) is 12.0 Å². The van der Waals surface area contributed by atoms with Crippen LogP contribution in [0.4, 0.5) is 0 Å². The highest BCUT2D eigenvalue weighted by atomic mass is 14.9. The first kappa shape index (κ1) is 12.2. The van der Waals surface area contributed by atoms with E-state index in [1.165, 1.54) is 47.1 Å². The van der Waals surface area contributed by atoms with E-state index in [1.807, 2.05) is 0 Å². The maximum Gasteiger partial charge on any atom is 0.0214 e. The van der Waals surface area contributed by atoms with E-state index in [0.717, 1.165) is 25.4 Å². The summed E-state index contributed by atoms with van der Waals surface area (Å²) in [5.74, 6) is 0.829. The summed E-state index contributed by atoms with van der Waals surface area (Å²) in [6, 6.07) is 16.1. The first-order valence-electron chi connectivity index (χ1n) is 7.83. The molecule has 1 fully saturated rings. The predicted molar refractivity (Wildman–Crippen MR) is 83.9 cm³/mol. The Hall–Kier alpha value is -1.60. The first-order valence-corrected chi connectivity index (χ1v) is 7.83. The SMILES string of the molecule is c1cc2c(c(-c3ccc(C4CCC4)cc3)c1)CNCC2. The van der Waals surface area contributed by atoms with Crippen LogP contribution < -0.4 is 5.32 Å². The maximum atomic E-state index is 3.50. The molecule has 2 aromatic rings. The highest BCUT2D eigenvalue weighted by Gasteiger charge is 2.19. The van der Waals surface area contributed by atoms with Crippen LogP contribution in [0.3, 0.4) is 0 Å². The van der Waals surface area contributed by atoms with Crippen LogP contribution in [0.2, 0.25) is 0 Å². The van der Waals surface area contributed by atoms with Crippen LogP contribution in [-0.4, -0.2) is 6.54 Å². The summed E-state index contributed by atoms with van der Waals surface area (Å²) in [4.78, 5) is 0. The highest BCUT2D eigenvalue weighted by molar-refractivity contribution is 5.69. The largest absolute Gasteiger partial charge is 0.312 e. The standard InChI is InChI=1S/C19H21N/c1-3-14(4-1)15-7-9-17(10-8-15)18-6-2-5-16-11-12-20-13-19(16)18/h2,5-10,14,20H,1,3-4,11-13H2. The Morgan fingerprint density at radius 2 is 1.80 bits per heavy atom. The van der Waals surface area contributed by atoms with Gasteiger partial charge in [-0.15, -0.1) is 0 Å². The molecule has 1 nitrogen and oxygen atoms in total. The fourth-order valence-electron chi connectivity index (χ4n) is 3.46. The lowest BCUT2D eigenvalue weighted by Crippen LogP contribution is -2.24. The van der Waals surface area contributed by atoms with Gasteiger partial charge in [-0.3, -0.25) is 0 Å². The Labute approximate surface area is 121 Å². The van der Waals surface area contributed by atoms with E-state index in [2.05, 4.69) is 47.8 Å². The molecule has 0 amide bonds. The van der Waals surface area contributed by atoms with Crippen LogP contribution in [-0.2, 0) is 13.0 Å². The second kappa shape index (κ2) is 5.06. The smallest absolute Gasteiger partial charge is 0.0214 e. The zero-order valence-electron chi connectivity index (χ0n) is 11.9. The molecule has 0 bridgehead atoms. The van der Waals surface area contributed by atoms with Gasteiger partial charge in [0.05, 0.1) is 0 Å². The molecule has 0 saturated heterocycles. The molecular weight excluding hydrogens is 242 g/mol. The van der Waals surface area contributed by atoms with Crippen molar-refractivity contribution in [2.75, 3.05) is 6.54 Å². The van der Waals surface area contributed by atoms with Crippen molar-refractivity contribution in [3.8, 4) is 11.1 Å². The van der Waals surface area contributed by atoms with Crippen molar-refractivity contribution in [2.45, 2.75) is 38.1 Å². The van der Waals surface area contributed by atoms with Crippen LogP contribution in [0.15, 0.2) is 42.5 Å². The molecule has 1 heteroatoms. The average Bonchev–Trinajstić information content (AvgIpc) is 2.46. The van der Waals surface area contributed by atoms with Gasteiger partial charge >= 0.3 is 0 Å². The molecule has 0 radical (unpaired) electrons. The normalized spacial score (nSPS) is 18.4. The zero-order chi connectivity index (χ0) is 13.4. The van der Waals surface area contributed by atoms with Gasteiger partial charge < -0.3 is 5.32 Å². The molecule has 1 saturated carbocycles. The molecule has 1 aliphatic carbocycles. The molecule has 4 rings (SSSR count). The van der Waals surface area contributed by atoms with Crippen molar-refractivity contribution < 1.29 is 0 Å². The van der Waals surface area contributed by atoms with Crippen LogP contribution >= 0.6 is 0 Å². The van der Waals surface area contributed by atoms with Gasteiger partial charge in [0.1, 0.15) is 0 Å². The maximum absolute atomic E-state index is 3.50. The molecule has 1 N–H and O–H groups in total. The van der Waals surface area contributed by atoms with Crippen molar-refractivity contribution in [1.82, 2.24) is 5.32 Å².